The number of nitrogens with zero attached hydrogens (tertiary/aromatic N) is 1. The Labute approximate surface area is 87.2 Å². The van der Waals surface area contributed by atoms with Crippen molar-refractivity contribution in [3.63, 3.8) is 0 Å². The normalized spacial score (nSPS) is 26.9. The molecule has 1 rings (SSSR count). The molecule has 2 unspecified atom stereocenters. The summed E-state index contributed by atoms with van der Waals surface area (Å²) in [5.74, 6) is 1.18. The van der Waals surface area contributed by atoms with Crippen LogP contribution in [0.25, 0.3) is 0 Å². The van der Waals surface area contributed by atoms with E-state index in [1.165, 1.54) is 32.4 Å². The average molecular weight is 197 g/mol. The predicted molar refractivity (Wildman–Crippen MR) is 60.6 cm³/mol. The lowest BCUT2D eigenvalue weighted by Gasteiger charge is -2.27. The van der Waals surface area contributed by atoms with E-state index in [4.69, 9.17) is 11.1 Å². The minimum absolute atomic E-state index is 0.315. The summed E-state index contributed by atoms with van der Waals surface area (Å²) in [4.78, 5) is 2.48. The van der Waals surface area contributed by atoms with Crippen LogP contribution in [0.5, 0.6) is 0 Å². The highest BCUT2D eigenvalue weighted by Gasteiger charge is 2.18. The molecule has 3 N–H and O–H groups in total. The van der Waals surface area contributed by atoms with Gasteiger partial charge < -0.3 is 10.6 Å². The number of rotatable bonds is 3. The summed E-state index contributed by atoms with van der Waals surface area (Å²) >= 11 is 0. The van der Waals surface area contributed by atoms with Crippen molar-refractivity contribution >= 4 is 5.84 Å². The molecule has 3 nitrogen and oxygen atoms in total. The molecule has 14 heavy (non-hydrogen) atoms. The van der Waals surface area contributed by atoms with Crippen LogP contribution in [0.4, 0.5) is 0 Å². The van der Waals surface area contributed by atoms with Crippen molar-refractivity contribution in [3.8, 4) is 0 Å². The van der Waals surface area contributed by atoms with Gasteiger partial charge in [-0.15, -0.1) is 0 Å². The Balaban J connectivity index is 2.38. The third-order valence-corrected chi connectivity index (χ3v) is 3.19. The van der Waals surface area contributed by atoms with E-state index >= 15 is 0 Å². The van der Waals surface area contributed by atoms with E-state index < -0.39 is 0 Å². The van der Waals surface area contributed by atoms with Crippen molar-refractivity contribution < 1.29 is 0 Å². The smallest absolute Gasteiger partial charge is 0.0920 e. The maximum absolute atomic E-state index is 7.29. The molecule has 0 aromatic heterocycles. The molecule has 0 aromatic carbocycles. The average Bonchev–Trinajstić information content (AvgIpc) is 2.28. The maximum Gasteiger partial charge on any atom is 0.0920 e. The van der Waals surface area contributed by atoms with Gasteiger partial charge in [0.1, 0.15) is 0 Å². The lowest BCUT2D eigenvalue weighted by Crippen LogP contribution is -2.36. The first-order chi connectivity index (χ1) is 6.59. The number of amidine groups is 1. The van der Waals surface area contributed by atoms with Crippen LogP contribution in [0.15, 0.2) is 0 Å². The van der Waals surface area contributed by atoms with Gasteiger partial charge in [-0.2, -0.15) is 0 Å². The van der Waals surface area contributed by atoms with Crippen molar-refractivity contribution in [1.29, 1.82) is 5.41 Å². The first-order valence-electron chi connectivity index (χ1n) is 5.66. The summed E-state index contributed by atoms with van der Waals surface area (Å²) in [6.07, 6.45) is 4.66. The number of likely N-dealkylation sites (tertiary alicyclic amines) is 1. The molecule has 1 heterocycles. The van der Waals surface area contributed by atoms with Crippen LogP contribution in [0.2, 0.25) is 0 Å². The zero-order valence-corrected chi connectivity index (χ0v) is 9.42. The van der Waals surface area contributed by atoms with E-state index in [0.29, 0.717) is 18.3 Å². The largest absolute Gasteiger partial charge is 0.388 e. The topological polar surface area (TPSA) is 53.1 Å². The van der Waals surface area contributed by atoms with Gasteiger partial charge in [-0.25, -0.2) is 0 Å². The third kappa shape index (κ3) is 3.66. The molecule has 0 saturated carbocycles. The van der Waals surface area contributed by atoms with Gasteiger partial charge in [0.15, 0.2) is 0 Å². The van der Waals surface area contributed by atoms with E-state index in [1.807, 2.05) is 0 Å². The molecule has 1 fully saturated rings. The van der Waals surface area contributed by atoms with Crippen LogP contribution in [-0.4, -0.2) is 29.9 Å². The Morgan fingerprint density at radius 2 is 2.21 bits per heavy atom. The van der Waals surface area contributed by atoms with Crippen LogP contribution in [0.3, 0.4) is 0 Å². The molecule has 0 aliphatic carbocycles. The fourth-order valence-electron chi connectivity index (χ4n) is 2.17. The van der Waals surface area contributed by atoms with Crippen molar-refractivity contribution in [2.24, 2.45) is 11.7 Å². The molecule has 2 atom stereocenters. The second-order valence-electron chi connectivity index (χ2n) is 4.65. The lowest BCUT2D eigenvalue weighted by atomic mass is 10.0. The number of hydrogen-bond donors (Lipinski definition) is 2. The Bertz CT molecular complexity index is 191. The van der Waals surface area contributed by atoms with Crippen molar-refractivity contribution in [2.75, 3.05) is 13.1 Å². The first kappa shape index (κ1) is 11.5. The number of nitrogens with two attached hydrogens (primary N) is 1. The third-order valence-electron chi connectivity index (χ3n) is 3.19. The highest BCUT2D eigenvalue weighted by Crippen LogP contribution is 2.18. The summed E-state index contributed by atoms with van der Waals surface area (Å²) < 4.78 is 0. The van der Waals surface area contributed by atoms with Crippen LogP contribution >= 0.6 is 0 Å². The van der Waals surface area contributed by atoms with Gasteiger partial charge in [0, 0.05) is 12.5 Å². The zero-order valence-electron chi connectivity index (χ0n) is 9.42. The van der Waals surface area contributed by atoms with Crippen LogP contribution < -0.4 is 5.73 Å². The fraction of sp³-hybridized carbons (Fsp3) is 0.909. The molecule has 1 aliphatic rings. The minimum Gasteiger partial charge on any atom is -0.388 e. The molecule has 0 aromatic rings. The first-order valence-corrected chi connectivity index (χ1v) is 5.66. The maximum atomic E-state index is 7.29. The molecule has 0 amide bonds. The number of nitrogens with one attached hydrogen (secondary N) is 1. The highest BCUT2D eigenvalue weighted by atomic mass is 15.1. The standard InChI is InChI=1S/C11H23N3/c1-9-4-3-6-14(7-5-9)10(2)8-11(12)13/h9-10H,3-8H2,1-2H3,(H3,12,13). The van der Waals surface area contributed by atoms with Gasteiger partial charge in [0.05, 0.1) is 5.84 Å². The van der Waals surface area contributed by atoms with Crippen LogP contribution in [0, 0.1) is 11.3 Å². The monoisotopic (exact) mass is 197 g/mol. The van der Waals surface area contributed by atoms with Crippen molar-refractivity contribution in [1.82, 2.24) is 4.90 Å². The molecule has 1 aliphatic heterocycles. The summed E-state index contributed by atoms with van der Waals surface area (Å²) in [5.41, 5.74) is 5.42. The van der Waals surface area contributed by atoms with Crippen molar-refractivity contribution in [3.05, 3.63) is 0 Å². The Hall–Kier alpha value is -0.570. The highest BCUT2D eigenvalue weighted by molar-refractivity contribution is 5.77. The Morgan fingerprint density at radius 1 is 1.50 bits per heavy atom. The summed E-state index contributed by atoms with van der Waals surface area (Å²) in [6, 6.07) is 0.442. The van der Waals surface area contributed by atoms with Gasteiger partial charge >= 0.3 is 0 Å². The molecule has 0 radical (unpaired) electrons. The van der Waals surface area contributed by atoms with E-state index in [-0.39, 0.29) is 0 Å². The van der Waals surface area contributed by atoms with E-state index in [9.17, 15) is 0 Å². The second-order valence-corrected chi connectivity index (χ2v) is 4.65. The van der Waals surface area contributed by atoms with E-state index in [1.54, 1.807) is 0 Å². The van der Waals surface area contributed by atoms with E-state index in [0.717, 1.165) is 5.92 Å². The van der Waals surface area contributed by atoms with Crippen LogP contribution in [-0.2, 0) is 0 Å². The SMILES string of the molecule is CC1CCCN(C(C)CC(=N)N)CC1. The van der Waals surface area contributed by atoms with Gasteiger partial charge in [-0.05, 0) is 45.2 Å². The lowest BCUT2D eigenvalue weighted by molar-refractivity contribution is 0.219. The van der Waals surface area contributed by atoms with Gasteiger partial charge in [-0.3, -0.25) is 5.41 Å². The van der Waals surface area contributed by atoms with Gasteiger partial charge in [0.2, 0.25) is 0 Å². The summed E-state index contributed by atoms with van der Waals surface area (Å²) in [5, 5.41) is 7.29. The minimum atomic E-state index is 0.315. The molecular weight excluding hydrogens is 174 g/mol. The fourth-order valence-corrected chi connectivity index (χ4v) is 2.17. The molecule has 0 spiro atoms. The summed E-state index contributed by atoms with van der Waals surface area (Å²) in [7, 11) is 0. The zero-order chi connectivity index (χ0) is 10.6. The molecule has 3 heteroatoms. The van der Waals surface area contributed by atoms with Crippen LogP contribution in [0.1, 0.15) is 39.5 Å². The van der Waals surface area contributed by atoms with Gasteiger partial charge in [0.25, 0.3) is 0 Å². The van der Waals surface area contributed by atoms with Crippen molar-refractivity contribution in [2.45, 2.75) is 45.6 Å². The predicted octanol–water partition coefficient (Wildman–Crippen LogP) is 1.82. The van der Waals surface area contributed by atoms with E-state index in [2.05, 4.69) is 18.7 Å². The molecule has 0 bridgehead atoms. The second kappa shape index (κ2) is 5.35. The summed E-state index contributed by atoms with van der Waals surface area (Å²) in [6.45, 7) is 6.87. The molecule has 1 saturated heterocycles. The molecular formula is C11H23N3. The Morgan fingerprint density at radius 3 is 2.86 bits per heavy atom. The van der Waals surface area contributed by atoms with Gasteiger partial charge in [-0.1, -0.05) is 6.92 Å². The quantitative estimate of drug-likeness (QED) is 0.535. The number of hydrogen-bond acceptors (Lipinski definition) is 2. The molecule has 82 valence electrons. The Kier molecular flexibility index (Phi) is 4.39.